The van der Waals surface area contributed by atoms with E-state index in [4.69, 9.17) is 0 Å². The minimum Gasteiger partial charge on any atom is -0.504 e. The SMILES string of the molecule is Br.Br.Cc1c(O)c(O)cc2c1CC2NCCCCCCNCCc1ccc(O)c(O)c1. The van der Waals surface area contributed by atoms with Crippen LogP contribution in [0.15, 0.2) is 24.3 Å². The molecular weight excluding hydrogens is 528 g/mol. The number of rotatable bonds is 11. The van der Waals surface area contributed by atoms with Gasteiger partial charge in [-0.3, -0.25) is 0 Å². The summed E-state index contributed by atoms with van der Waals surface area (Å²) in [5.74, 6) is -0.156. The van der Waals surface area contributed by atoms with E-state index in [1.165, 1.54) is 18.9 Å². The Bertz CT molecular complexity index is 849. The molecule has 1 atom stereocenters. The third kappa shape index (κ3) is 7.27. The lowest BCUT2D eigenvalue weighted by Gasteiger charge is -2.33. The van der Waals surface area contributed by atoms with E-state index in [1.807, 2.05) is 13.0 Å². The first-order valence-corrected chi connectivity index (χ1v) is 10.5. The molecule has 31 heavy (non-hydrogen) atoms. The maximum Gasteiger partial charge on any atom is 0.160 e. The molecule has 1 aliphatic rings. The Kier molecular flexibility index (Phi) is 11.7. The second-order valence-corrected chi connectivity index (χ2v) is 7.89. The lowest BCUT2D eigenvalue weighted by atomic mass is 9.79. The van der Waals surface area contributed by atoms with Crippen LogP contribution >= 0.6 is 34.0 Å². The van der Waals surface area contributed by atoms with Crippen LogP contribution in [0.5, 0.6) is 23.0 Å². The van der Waals surface area contributed by atoms with Crippen LogP contribution < -0.4 is 10.6 Å². The monoisotopic (exact) mass is 560 g/mol. The van der Waals surface area contributed by atoms with E-state index in [1.54, 1.807) is 12.1 Å². The largest absolute Gasteiger partial charge is 0.504 e. The molecular formula is C23H34Br2N2O4. The zero-order valence-electron chi connectivity index (χ0n) is 17.9. The lowest BCUT2D eigenvalue weighted by Crippen LogP contribution is -2.32. The first kappa shape index (κ1) is 27.6. The summed E-state index contributed by atoms with van der Waals surface area (Å²) in [7, 11) is 0. The van der Waals surface area contributed by atoms with Crippen LogP contribution in [0, 0.1) is 6.92 Å². The second kappa shape index (κ2) is 13.2. The molecule has 6 nitrogen and oxygen atoms in total. The smallest absolute Gasteiger partial charge is 0.160 e. The molecule has 0 bridgehead atoms. The van der Waals surface area contributed by atoms with Crippen molar-refractivity contribution < 1.29 is 20.4 Å². The number of hydrogen-bond acceptors (Lipinski definition) is 6. The summed E-state index contributed by atoms with van der Waals surface area (Å²) in [6.07, 6.45) is 6.37. The highest BCUT2D eigenvalue weighted by Crippen LogP contribution is 2.43. The van der Waals surface area contributed by atoms with Gasteiger partial charge in [-0.1, -0.05) is 18.9 Å². The molecule has 0 saturated heterocycles. The van der Waals surface area contributed by atoms with Gasteiger partial charge >= 0.3 is 0 Å². The molecule has 2 aromatic carbocycles. The van der Waals surface area contributed by atoms with Gasteiger partial charge in [0, 0.05) is 6.04 Å². The lowest BCUT2D eigenvalue weighted by molar-refractivity contribution is 0.390. The van der Waals surface area contributed by atoms with E-state index in [0.29, 0.717) is 0 Å². The van der Waals surface area contributed by atoms with Gasteiger partial charge < -0.3 is 31.1 Å². The fourth-order valence-electron chi connectivity index (χ4n) is 3.89. The van der Waals surface area contributed by atoms with Crippen LogP contribution in [0.3, 0.4) is 0 Å². The van der Waals surface area contributed by atoms with Gasteiger partial charge in [0.2, 0.25) is 0 Å². The van der Waals surface area contributed by atoms with Crippen LogP contribution in [0.25, 0.3) is 0 Å². The molecule has 2 aromatic rings. The van der Waals surface area contributed by atoms with Gasteiger partial charge in [-0.15, -0.1) is 34.0 Å². The fourth-order valence-corrected chi connectivity index (χ4v) is 3.89. The molecule has 174 valence electrons. The summed E-state index contributed by atoms with van der Waals surface area (Å²) >= 11 is 0. The highest BCUT2D eigenvalue weighted by atomic mass is 79.9. The van der Waals surface area contributed by atoms with Crippen molar-refractivity contribution in [2.75, 3.05) is 19.6 Å². The Morgan fingerprint density at radius 1 is 0.839 bits per heavy atom. The Balaban J connectivity index is 0.00000240. The van der Waals surface area contributed by atoms with Crippen molar-refractivity contribution in [2.24, 2.45) is 0 Å². The number of fused-ring (bicyclic) bond motifs is 1. The minimum atomic E-state index is -0.0784. The van der Waals surface area contributed by atoms with Gasteiger partial charge in [0.1, 0.15) is 0 Å². The number of phenols is 4. The predicted molar refractivity (Wildman–Crippen MR) is 134 cm³/mol. The summed E-state index contributed by atoms with van der Waals surface area (Å²) < 4.78 is 0. The summed E-state index contributed by atoms with van der Waals surface area (Å²) in [4.78, 5) is 0. The number of nitrogens with one attached hydrogen (secondary N) is 2. The van der Waals surface area contributed by atoms with Gasteiger partial charge in [0.25, 0.3) is 0 Å². The number of phenolic OH excluding ortho intramolecular Hbond substituents is 4. The van der Waals surface area contributed by atoms with Crippen LogP contribution in [0.4, 0.5) is 0 Å². The number of aromatic hydroxyl groups is 4. The molecule has 3 rings (SSSR count). The average molecular weight is 562 g/mol. The predicted octanol–water partition coefficient (Wildman–Crippen LogP) is 4.55. The van der Waals surface area contributed by atoms with Crippen LogP contribution in [0.1, 0.15) is 54.0 Å². The molecule has 1 unspecified atom stereocenters. The molecule has 0 radical (unpaired) electrons. The van der Waals surface area contributed by atoms with E-state index in [0.717, 1.165) is 67.6 Å². The van der Waals surface area contributed by atoms with Crippen molar-refractivity contribution in [3.63, 3.8) is 0 Å². The second-order valence-electron chi connectivity index (χ2n) is 7.89. The molecule has 0 spiro atoms. The van der Waals surface area contributed by atoms with Crippen molar-refractivity contribution in [3.05, 3.63) is 46.5 Å². The molecule has 0 aromatic heterocycles. The van der Waals surface area contributed by atoms with Crippen LogP contribution in [-0.4, -0.2) is 40.1 Å². The summed E-state index contributed by atoms with van der Waals surface area (Å²) in [5.41, 5.74) is 4.08. The molecule has 0 amide bonds. The van der Waals surface area contributed by atoms with Gasteiger partial charge in [0.15, 0.2) is 23.0 Å². The summed E-state index contributed by atoms with van der Waals surface area (Å²) in [6, 6.07) is 6.93. The molecule has 8 heteroatoms. The Labute approximate surface area is 205 Å². The number of hydrogen-bond donors (Lipinski definition) is 6. The van der Waals surface area contributed by atoms with E-state index in [2.05, 4.69) is 10.6 Å². The number of halogens is 2. The van der Waals surface area contributed by atoms with Crippen molar-refractivity contribution in [1.82, 2.24) is 10.6 Å². The van der Waals surface area contributed by atoms with Gasteiger partial charge in [-0.2, -0.15) is 0 Å². The number of unbranched alkanes of at least 4 members (excludes halogenated alkanes) is 3. The van der Waals surface area contributed by atoms with Crippen molar-refractivity contribution >= 4 is 34.0 Å². The van der Waals surface area contributed by atoms with Crippen molar-refractivity contribution in [3.8, 4) is 23.0 Å². The van der Waals surface area contributed by atoms with Crippen LogP contribution in [0.2, 0.25) is 0 Å². The fraction of sp³-hybridized carbons (Fsp3) is 0.478. The third-order valence-corrected chi connectivity index (χ3v) is 5.78. The molecule has 1 aliphatic carbocycles. The molecule has 0 heterocycles. The highest BCUT2D eigenvalue weighted by Gasteiger charge is 2.29. The van der Waals surface area contributed by atoms with E-state index in [9.17, 15) is 20.4 Å². The normalized spacial score (nSPS) is 14.2. The quantitative estimate of drug-likeness (QED) is 0.178. The summed E-state index contributed by atoms with van der Waals surface area (Å²) in [5, 5.41) is 45.3. The molecule has 0 fully saturated rings. The standard InChI is InChI=1S/C23H32N2O4.2BrH/c1-15-17-13-19(18(17)14-22(28)23(15)29)25-10-5-3-2-4-9-24-11-8-16-6-7-20(26)21(27)12-16;;/h6-7,12,14,19,24-29H,2-5,8-11,13H2,1H3;2*1H. The first-order valence-electron chi connectivity index (χ1n) is 10.5. The molecule has 6 N–H and O–H groups in total. The first-order chi connectivity index (χ1) is 14.0. The Morgan fingerprint density at radius 3 is 2.26 bits per heavy atom. The Hall–Kier alpha value is -1.48. The van der Waals surface area contributed by atoms with Gasteiger partial charge in [0.05, 0.1) is 0 Å². The third-order valence-electron chi connectivity index (χ3n) is 5.78. The van der Waals surface area contributed by atoms with Gasteiger partial charge in [-0.05, 0) is 92.7 Å². The minimum absolute atomic E-state index is 0. The topological polar surface area (TPSA) is 105 Å². The maximum atomic E-state index is 9.77. The van der Waals surface area contributed by atoms with Gasteiger partial charge in [-0.25, -0.2) is 0 Å². The average Bonchev–Trinajstić information content (AvgIpc) is 2.69. The van der Waals surface area contributed by atoms with E-state index >= 15 is 0 Å². The number of benzene rings is 2. The molecule has 0 aliphatic heterocycles. The maximum absolute atomic E-state index is 9.77. The van der Waals surface area contributed by atoms with E-state index in [-0.39, 0.29) is 63.0 Å². The zero-order chi connectivity index (χ0) is 20.8. The summed E-state index contributed by atoms with van der Waals surface area (Å²) in [6.45, 7) is 4.65. The molecule has 0 saturated carbocycles. The zero-order valence-corrected chi connectivity index (χ0v) is 21.3. The van der Waals surface area contributed by atoms with Crippen LogP contribution in [-0.2, 0) is 12.8 Å². The van der Waals surface area contributed by atoms with Crippen molar-refractivity contribution in [2.45, 2.75) is 51.5 Å². The van der Waals surface area contributed by atoms with Crippen molar-refractivity contribution in [1.29, 1.82) is 0 Å². The van der Waals surface area contributed by atoms with E-state index < -0.39 is 0 Å². The highest BCUT2D eigenvalue weighted by molar-refractivity contribution is 8.93. The Morgan fingerprint density at radius 2 is 1.55 bits per heavy atom.